The van der Waals surface area contributed by atoms with Gasteiger partial charge in [-0.1, -0.05) is 13.3 Å². The third kappa shape index (κ3) is 2.85. The van der Waals surface area contributed by atoms with Crippen LogP contribution in [0, 0.1) is 0 Å². The van der Waals surface area contributed by atoms with Crippen molar-refractivity contribution in [2.45, 2.75) is 26.3 Å². The molecule has 2 aromatic rings. The summed E-state index contributed by atoms with van der Waals surface area (Å²) in [4.78, 5) is 40.1. The quantitative estimate of drug-likeness (QED) is 0.434. The van der Waals surface area contributed by atoms with Gasteiger partial charge in [-0.2, -0.15) is 0 Å². The number of carbonyl (C=O) groups is 1. The molecule has 2 heterocycles. The summed E-state index contributed by atoms with van der Waals surface area (Å²) in [6.07, 6.45) is 1.71. The van der Waals surface area contributed by atoms with E-state index < -0.39 is 17.2 Å². The van der Waals surface area contributed by atoms with Crippen LogP contribution in [0.15, 0.2) is 14.3 Å². The van der Waals surface area contributed by atoms with E-state index in [0.717, 1.165) is 17.4 Å². The Morgan fingerprint density at radius 3 is 2.59 bits per heavy atom. The summed E-state index contributed by atoms with van der Waals surface area (Å²) in [6.45, 7) is 2.22. The highest BCUT2D eigenvalue weighted by Gasteiger charge is 2.19. The van der Waals surface area contributed by atoms with Crippen molar-refractivity contribution in [3.05, 3.63) is 25.6 Å². The number of aryl methyl sites for hydroxylation is 1. The van der Waals surface area contributed by atoms with Crippen molar-refractivity contribution in [3.63, 3.8) is 0 Å². The standard InChI is InChI=1S/C13H17BrN4O4/c1-4-5-6-22-8(19)7-18-10-9(15-12(18)14)11(20)17(3)13(21)16(10)2/h4-7H2,1-3H3. The molecule has 0 saturated heterocycles. The average Bonchev–Trinajstić information content (AvgIpc) is 2.80. The SMILES string of the molecule is CCCCOC(=O)Cn1c(Br)nc2c(=O)n(C)c(=O)n(C)c21. The second kappa shape index (κ2) is 6.47. The lowest BCUT2D eigenvalue weighted by molar-refractivity contribution is -0.144. The molecule has 0 N–H and O–H groups in total. The van der Waals surface area contributed by atoms with E-state index in [4.69, 9.17) is 4.74 Å². The van der Waals surface area contributed by atoms with Gasteiger partial charge in [0.2, 0.25) is 0 Å². The first-order chi connectivity index (χ1) is 10.4. The predicted octanol–water partition coefficient (Wildman–Crippen LogP) is 0.539. The van der Waals surface area contributed by atoms with Crippen molar-refractivity contribution in [3.8, 4) is 0 Å². The van der Waals surface area contributed by atoms with Crippen molar-refractivity contribution in [1.82, 2.24) is 18.7 Å². The molecule has 120 valence electrons. The molecule has 0 aromatic carbocycles. The second-order valence-corrected chi connectivity index (χ2v) is 5.63. The Morgan fingerprint density at radius 2 is 1.95 bits per heavy atom. The van der Waals surface area contributed by atoms with Gasteiger partial charge in [0.25, 0.3) is 5.56 Å². The molecule has 0 unspecified atom stereocenters. The fourth-order valence-corrected chi connectivity index (χ4v) is 2.58. The van der Waals surface area contributed by atoms with E-state index in [0.29, 0.717) is 11.3 Å². The smallest absolute Gasteiger partial charge is 0.332 e. The van der Waals surface area contributed by atoms with Crippen molar-refractivity contribution >= 4 is 33.1 Å². The molecular weight excluding hydrogens is 356 g/mol. The maximum atomic E-state index is 12.1. The lowest BCUT2D eigenvalue weighted by atomic mass is 10.4. The zero-order valence-electron chi connectivity index (χ0n) is 12.6. The fourth-order valence-electron chi connectivity index (χ4n) is 2.11. The Balaban J connectivity index is 2.47. The molecule has 0 radical (unpaired) electrons. The molecule has 0 atom stereocenters. The van der Waals surface area contributed by atoms with E-state index in [-0.39, 0.29) is 17.7 Å². The number of carbonyl (C=O) groups excluding carboxylic acids is 1. The summed E-state index contributed by atoms with van der Waals surface area (Å²) in [5, 5.41) is 0. The highest BCUT2D eigenvalue weighted by Crippen LogP contribution is 2.16. The normalized spacial score (nSPS) is 11.1. The van der Waals surface area contributed by atoms with Crippen LogP contribution >= 0.6 is 15.9 Å². The maximum absolute atomic E-state index is 12.1. The predicted molar refractivity (Wildman–Crippen MR) is 83.8 cm³/mol. The van der Waals surface area contributed by atoms with Crippen LogP contribution < -0.4 is 11.2 Å². The fraction of sp³-hybridized carbons (Fsp3) is 0.538. The summed E-state index contributed by atoms with van der Waals surface area (Å²) in [5.41, 5.74) is -0.576. The number of hydrogen-bond acceptors (Lipinski definition) is 5. The molecule has 9 heteroatoms. The highest BCUT2D eigenvalue weighted by molar-refractivity contribution is 9.10. The van der Waals surface area contributed by atoms with Crippen LogP contribution in [0.25, 0.3) is 11.2 Å². The van der Waals surface area contributed by atoms with Gasteiger partial charge in [-0.15, -0.1) is 0 Å². The van der Waals surface area contributed by atoms with Gasteiger partial charge in [-0.05, 0) is 22.4 Å². The van der Waals surface area contributed by atoms with Gasteiger partial charge < -0.3 is 4.74 Å². The van der Waals surface area contributed by atoms with Crippen LogP contribution in [0.2, 0.25) is 0 Å². The number of halogens is 1. The Morgan fingerprint density at radius 1 is 1.27 bits per heavy atom. The van der Waals surface area contributed by atoms with Crippen LogP contribution in [-0.4, -0.2) is 31.3 Å². The monoisotopic (exact) mass is 372 g/mol. The van der Waals surface area contributed by atoms with E-state index in [2.05, 4.69) is 20.9 Å². The summed E-state index contributed by atoms with van der Waals surface area (Å²) in [6, 6.07) is 0. The first kappa shape index (κ1) is 16.5. The number of rotatable bonds is 5. The van der Waals surface area contributed by atoms with Gasteiger partial charge in [-0.25, -0.2) is 9.78 Å². The average molecular weight is 373 g/mol. The molecule has 0 spiro atoms. The van der Waals surface area contributed by atoms with Gasteiger partial charge >= 0.3 is 11.7 Å². The van der Waals surface area contributed by atoms with Crippen molar-refractivity contribution < 1.29 is 9.53 Å². The molecule has 0 aliphatic rings. The van der Waals surface area contributed by atoms with Gasteiger partial charge in [-0.3, -0.25) is 23.3 Å². The number of unbranched alkanes of at least 4 members (excludes halogenated alkanes) is 1. The number of ether oxygens (including phenoxy) is 1. The molecule has 22 heavy (non-hydrogen) atoms. The Bertz CT molecular complexity index is 833. The third-order valence-corrected chi connectivity index (χ3v) is 3.95. The topological polar surface area (TPSA) is 88.1 Å². The maximum Gasteiger partial charge on any atom is 0.332 e. The molecule has 0 amide bonds. The Hall–Kier alpha value is -1.90. The molecule has 2 rings (SSSR count). The molecule has 8 nitrogen and oxygen atoms in total. The highest BCUT2D eigenvalue weighted by atomic mass is 79.9. The summed E-state index contributed by atoms with van der Waals surface area (Å²) in [7, 11) is 2.91. The van der Waals surface area contributed by atoms with E-state index >= 15 is 0 Å². The van der Waals surface area contributed by atoms with Gasteiger partial charge in [0, 0.05) is 14.1 Å². The lowest BCUT2D eigenvalue weighted by Crippen LogP contribution is -2.37. The van der Waals surface area contributed by atoms with Crippen LogP contribution in [0.5, 0.6) is 0 Å². The minimum Gasteiger partial charge on any atom is -0.464 e. The first-order valence-corrected chi connectivity index (χ1v) is 7.65. The molecular formula is C13H17BrN4O4. The number of esters is 1. The molecule has 0 fully saturated rings. The summed E-state index contributed by atoms with van der Waals surface area (Å²) < 4.78 is 9.12. The minimum absolute atomic E-state index is 0.123. The van der Waals surface area contributed by atoms with Crippen molar-refractivity contribution in [2.75, 3.05) is 6.61 Å². The van der Waals surface area contributed by atoms with Crippen molar-refractivity contribution in [2.24, 2.45) is 14.1 Å². The van der Waals surface area contributed by atoms with Gasteiger partial charge in [0.1, 0.15) is 6.54 Å². The zero-order chi connectivity index (χ0) is 16.4. The Labute approximate surface area is 134 Å². The Kier molecular flexibility index (Phi) is 4.84. The number of nitrogens with zero attached hydrogens (tertiary/aromatic N) is 4. The molecule has 0 aliphatic carbocycles. The van der Waals surface area contributed by atoms with Crippen LogP contribution in [-0.2, 0) is 30.2 Å². The van der Waals surface area contributed by atoms with Gasteiger partial charge in [0.15, 0.2) is 15.9 Å². The zero-order valence-corrected chi connectivity index (χ0v) is 14.2. The molecule has 2 aromatic heterocycles. The first-order valence-electron chi connectivity index (χ1n) is 6.85. The van der Waals surface area contributed by atoms with E-state index in [1.807, 2.05) is 6.92 Å². The molecule has 0 saturated carbocycles. The largest absolute Gasteiger partial charge is 0.464 e. The van der Waals surface area contributed by atoms with Crippen LogP contribution in [0.1, 0.15) is 19.8 Å². The molecule has 0 bridgehead atoms. The minimum atomic E-state index is -0.503. The van der Waals surface area contributed by atoms with Gasteiger partial charge in [0.05, 0.1) is 6.61 Å². The number of fused-ring (bicyclic) bond motifs is 1. The number of imidazole rings is 1. The summed E-state index contributed by atoms with van der Waals surface area (Å²) in [5.74, 6) is -0.443. The molecule has 0 aliphatic heterocycles. The number of aromatic nitrogens is 4. The number of hydrogen-bond donors (Lipinski definition) is 0. The van der Waals surface area contributed by atoms with Crippen LogP contribution in [0.4, 0.5) is 0 Å². The second-order valence-electron chi connectivity index (χ2n) is 4.92. The van der Waals surface area contributed by atoms with E-state index in [1.54, 1.807) is 0 Å². The van der Waals surface area contributed by atoms with E-state index in [1.165, 1.54) is 23.2 Å². The summed E-state index contributed by atoms with van der Waals surface area (Å²) >= 11 is 3.22. The van der Waals surface area contributed by atoms with Crippen molar-refractivity contribution in [1.29, 1.82) is 0 Å². The lowest BCUT2D eigenvalue weighted by Gasteiger charge is -2.09. The third-order valence-electron chi connectivity index (χ3n) is 3.34. The van der Waals surface area contributed by atoms with Crippen LogP contribution in [0.3, 0.4) is 0 Å². The van der Waals surface area contributed by atoms with E-state index in [9.17, 15) is 14.4 Å².